The number of halogens is 1. The van der Waals surface area contributed by atoms with Gasteiger partial charge in [-0.2, -0.15) is 0 Å². The monoisotopic (exact) mass is 450 g/mol. The quantitative estimate of drug-likeness (QED) is 0.315. The SMILES string of the molecule is C[C@H](CCl)COc1ccc(C(C)(C)c2ccc(OCCOCCOCCO)cc2)cc1. The second-order valence-electron chi connectivity index (χ2n) is 8.04. The Morgan fingerprint density at radius 3 is 1.77 bits per heavy atom. The molecule has 2 aromatic rings. The highest BCUT2D eigenvalue weighted by Crippen LogP contribution is 2.33. The Morgan fingerprint density at radius 2 is 1.26 bits per heavy atom. The van der Waals surface area contributed by atoms with Gasteiger partial charge in [-0.15, -0.1) is 11.6 Å². The van der Waals surface area contributed by atoms with E-state index >= 15 is 0 Å². The van der Waals surface area contributed by atoms with Crippen molar-refractivity contribution in [2.45, 2.75) is 26.2 Å². The number of aliphatic hydroxyl groups excluding tert-OH is 1. The van der Waals surface area contributed by atoms with Crippen molar-refractivity contribution in [1.29, 1.82) is 0 Å². The van der Waals surface area contributed by atoms with E-state index in [-0.39, 0.29) is 12.0 Å². The summed E-state index contributed by atoms with van der Waals surface area (Å²) in [7, 11) is 0. The molecule has 0 aliphatic heterocycles. The zero-order chi connectivity index (χ0) is 22.5. The first-order chi connectivity index (χ1) is 15.0. The predicted octanol–water partition coefficient (Wildman–Crippen LogP) is 4.67. The molecule has 0 fully saturated rings. The van der Waals surface area contributed by atoms with Crippen molar-refractivity contribution in [3.8, 4) is 11.5 Å². The lowest BCUT2D eigenvalue weighted by Gasteiger charge is -2.26. The lowest BCUT2D eigenvalue weighted by atomic mass is 9.78. The molecule has 5 nitrogen and oxygen atoms in total. The summed E-state index contributed by atoms with van der Waals surface area (Å²) in [6.07, 6.45) is 0. The molecule has 172 valence electrons. The molecule has 0 saturated carbocycles. The average molecular weight is 451 g/mol. The molecular weight excluding hydrogens is 416 g/mol. The summed E-state index contributed by atoms with van der Waals surface area (Å²) < 4.78 is 22.1. The van der Waals surface area contributed by atoms with Gasteiger partial charge in [0.1, 0.15) is 18.1 Å². The third kappa shape index (κ3) is 8.69. The lowest BCUT2D eigenvalue weighted by Crippen LogP contribution is -2.19. The van der Waals surface area contributed by atoms with Crippen LogP contribution in [0, 0.1) is 5.92 Å². The molecule has 0 heterocycles. The molecule has 2 rings (SSSR count). The average Bonchev–Trinajstić information content (AvgIpc) is 2.79. The first kappa shape index (κ1) is 25.5. The molecule has 0 saturated heterocycles. The fourth-order valence-electron chi connectivity index (χ4n) is 2.99. The molecule has 6 heteroatoms. The summed E-state index contributed by atoms with van der Waals surface area (Å²) >= 11 is 5.84. The molecule has 0 bridgehead atoms. The van der Waals surface area contributed by atoms with Crippen LogP contribution in [0.5, 0.6) is 11.5 Å². The van der Waals surface area contributed by atoms with E-state index < -0.39 is 0 Å². The first-order valence-electron chi connectivity index (χ1n) is 10.8. The third-order valence-electron chi connectivity index (χ3n) is 5.05. The Bertz CT molecular complexity index is 731. The molecule has 2 aromatic carbocycles. The number of benzene rings is 2. The highest BCUT2D eigenvalue weighted by molar-refractivity contribution is 6.18. The van der Waals surface area contributed by atoms with Crippen molar-refractivity contribution in [2.75, 3.05) is 52.1 Å². The maximum absolute atomic E-state index is 8.63. The van der Waals surface area contributed by atoms with Crippen LogP contribution in [0.25, 0.3) is 0 Å². The van der Waals surface area contributed by atoms with Crippen LogP contribution in [0.4, 0.5) is 0 Å². The molecule has 0 spiro atoms. The zero-order valence-corrected chi connectivity index (χ0v) is 19.6. The highest BCUT2D eigenvalue weighted by atomic mass is 35.5. The van der Waals surface area contributed by atoms with E-state index in [2.05, 4.69) is 45.0 Å². The Morgan fingerprint density at radius 1 is 0.774 bits per heavy atom. The zero-order valence-electron chi connectivity index (χ0n) is 18.8. The van der Waals surface area contributed by atoms with E-state index in [1.54, 1.807) is 0 Å². The maximum Gasteiger partial charge on any atom is 0.119 e. The van der Waals surface area contributed by atoms with E-state index in [9.17, 15) is 0 Å². The fourth-order valence-corrected chi connectivity index (χ4v) is 3.08. The molecule has 1 atom stereocenters. The summed E-state index contributed by atoms with van der Waals surface area (Å²) in [5.74, 6) is 2.60. The van der Waals surface area contributed by atoms with Gasteiger partial charge in [-0.3, -0.25) is 0 Å². The number of rotatable bonds is 15. The van der Waals surface area contributed by atoms with Crippen molar-refractivity contribution >= 4 is 11.6 Å². The largest absolute Gasteiger partial charge is 0.493 e. The molecule has 1 N–H and O–H groups in total. The maximum atomic E-state index is 8.63. The molecule has 0 amide bonds. The van der Waals surface area contributed by atoms with Crippen LogP contribution in [-0.4, -0.2) is 57.2 Å². The van der Waals surface area contributed by atoms with Gasteiger partial charge < -0.3 is 24.1 Å². The van der Waals surface area contributed by atoms with Crippen molar-refractivity contribution in [3.63, 3.8) is 0 Å². The summed E-state index contributed by atoms with van der Waals surface area (Å²) in [4.78, 5) is 0. The van der Waals surface area contributed by atoms with Gasteiger partial charge in [0, 0.05) is 17.2 Å². The van der Waals surface area contributed by atoms with Crippen molar-refractivity contribution in [3.05, 3.63) is 59.7 Å². The molecule has 0 radical (unpaired) electrons. The van der Waals surface area contributed by atoms with Gasteiger partial charge in [0.25, 0.3) is 0 Å². The Kier molecular flexibility index (Phi) is 11.2. The number of hydrogen-bond acceptors (Lipinski definition) is 5. The summed E-state index contributed by atoms with van der Waals surface area (Å²) in [5, 5.41) is 8.63. The van der Waals surface area contributed by atoms with Crippen LogP contribution in [0.3, 0.4) is 0 Å². The molecule has 0 aliphatic carbocycles. The highest BCUT2D eigenvalue weighted by Gasteiger charge is 2.23. The van der Waals surface area contributed by atoms with Gasteiger partial charge in [0.15, 0.2) is 0 Å². The normalized spacial score (nSPS) is 12.5. The van der Waals surface area contributed by atoms with Gasteiger partial charge in [0.05, 0.1) is 39.6 Å². The van der Waals surface area contributed by atoms with Gasteiger partial charge in [0.2, 0.25) is 0 Å². The molecular formula is C25H35ClO5. The fraction of sp³-hybridized carbons (Fsp3) is 0.520. The Labute approximate surface area is 191 Å². The topological polar surface area (TPSA) is 57.2 Å². The lowest BCUT2D eigenvalue weighted by molar-refractivity contribution is 0.0247. The molecule has 0 aliphatic rings. The van der Waals surface area contributed by atoms with Gasteiger partial charge in [-0.1, -0.05) is 45.0 Å². The van der Waals surface area contributed by atoms with E-state index in [1.165, 1.54) is 11.1 Å². The van der Waals surface area contributed by atoms with Crippen LogP contribution in [0.1, 0.15) is 31.9 Å². The van der Waals surface area contributed by atoms with Crippen LogP contribution >= 0.6 is 11.6 Å². The van der Waals surface area contributed by atoms with E-state index in [4.69, 9.17) is 35.7 Å². The first-order valence-corrected chi connectivity index (χ1v) is 11.3. The third-order valence-corrected chi connectivity index (χ3v) is 5.58. The number of aliphatic hydroxyl groups is 1. The number of alkyl halides is 1. The van der Waals surface area contributed by atoms with E-state index in [1.807, 2.05) is 24.3 Å². The Balaban J connectivity index is 1.82. The Hall–Kier alpha value is -1.79. The summed E-state index contributed by atoms with van der Waals surface area (Å²) in [5.41, 5.74) is 2.29. The number of ether oxygens (including phenoxy) is 4. The smallest absolute Gasteiger partial charge is 0.119 e. The van der Waals surface area contributed by atoms with Gasteiger partial charge in [-0.05, 0) is 35.4 Å². The van der Waals surface area contributed by atoms with Crippen molar-refractivity contribution in [2.24, 2.45) is 5.92 Å². The molecule has 0 unspecified atom stereocenters. The summed E-state index contributed by atoms with van der Waals surface area (Å²) in [6.45, 7) is 9.42. The van der Waals surface area contributed by atoms with E-state index in [0.717, 1.165) is 11.5 Å². The van der Waals surface area contributed by atoms with Crippen LogP contribution in [0.2, 0.25) is 0 Å². The number of hydrogen-bond donors (Lipinski definition) is 1. The van der Waals surface area contributed by atoms with Gasteiger partial charge in [-0.25, -0.2) is 0 Å². The van der Waals surface area contributed by atoms with Crippen molar-refractivity contribution < 1.29 is 24.1 Å². The predicted molar refractivity (Wildman–Crippen MR) is 125 cm³/mol. The van der Waals surface area contributed by atoms with Gasteiger partial charge >= 0.3 is 0 Å². The second-order valence-corrected chi connectivity index (χ2v) is 8.35. The minimum Gasteiger partial charge on any atom is -0.493 e. The second kappa shape index (κ2) is 13.6. The van der Waals surface area contributed by atoms with Crippen LogP contribution in [0.15, 0.2) is 48.5 Å². The van der Waals surface area contributed by atoms with Crippen LogP contribution in [-0.2, 0) is 14.9 Å². The van der Waals surface area contributed by atoms with E-state index in [0.29, 0.717) is 51.4 Å². The standard InChI is InChI=1S/C25H35ClO5/c1-20(18-26)19-31-24-10-6-22(7-11-24)25(2,3)21-4-8-23(9-5-21)30-17-16-29-15-14-28-13-12-27/h4-11,20,27H,12-19H2,1-3H3/t20-/m1/s1. The summed E-state index contributed by atoms with van der Waals surface area (Å²) in [6, 6.07) is 16.5. The van der Waals surface area contributed by atoms with Crippen LogP contribution < -0.4 is 9.47 Å². The molecule has 0 aromatic heterocycles. The minimum atomic E-state index is -0.141. The minimum absolute atomic E-state index is 0.0317. The molecule has 31 heavy (non-hydrogen) atoms. The van der Waals surface area contributed by atoms with Crippen molar-refractivity contribution in [1.82, 2.24) is 0 Å².